The average molecular weight is 344 g/mol. The Balaban J connectivity index is 1.81. The second-order valence-corrected chi connectivity index (χ2v) is 7.19. The summed E-state index contributed by atoms with van der Waals surface area (Å²) in [6.45, 7) is 5.52. The lowest BCUT2D eigenvalue weighted by atomic mass is 10.1. The second-order valence-electron chi connectivity index (χ2n) is 7.19. The van der Waals surface area contributed by atoms with E-state index in [0.29, 0.717) is 6.42 Å². The van der Waals surface area contributed by atoms with E-state index in [9.17, 15) is 9.59 Å². The standard InChI is InChI=1S/C19H24N2O4/c1-12-15(21(4)5)17(23)25-19(24-16(12)22)11-18(19,3)20-13(2)14-9-7-6-8-10-14/h6-10,13,20H,11H2,1-5H3. The fraction of sp³-hybridized carbons (Fsp3) is 0.474. The van der Waals surface area contributed by atoms with Crippen molar-refractivity contribution in [2.24, 2.45) is 0 Å². The van der Waals surface area contributed by atoms with E-state index in [1.54, 1.807) is 25.9 Å². The molecule has 0 aromatic heterocycles. The van der Waals surface area contributed by atoms with Crippen molar-refractivity contribution in [2.75, 3.05) is 14.1 Å². The van der Waals surface area contributed by atoms with Gasteiger partial charge in [0.15, 0.2) is 0 Å². The Bertz CT molecular complexity index is 743. The molecule has 2 aliphatic rings. The van der Waals surface area contributed by atoms with Crippen LogP contribution in [0.15, 0.2) is 41.6 Å². The molecule has 3 rings (SSSR count). The van der Waals surface area contributed by atoms with Crippen LogP contribution in [0, 0.1) is 0 Å². The number of benzene rings is 1. The highest BCUT2D eigenvalue weighted by Crippen LogP contribution is 2.54. The van der Waals surface area contributed by atoms with Crippen molar-refractivity contribution in [1.82, 2.24) is 10.2 Å². The molecule has 134 valence electrons. The predicted molar refractivity (Wildman–Crippen MR) is 92.3 cm³/mol. The molecule has 3 unspecified atom stereocenters. The largest absolute Gasteiger partial charge is 0.417 e. The minimum absolute atomic E-state index is 0.0219. The molecule has 0 bridgehead atoms. The molecule has 1 aromatic carbocycles. The predicted octanol–water partition coefficient (Wildman–Crippen LogP) is 2.13. The number of esters is 2. The van der Waals surface area contributed by atoms with E-state index < -0.39 is 23.3 Å². The molecule has 25 heavy (non-hydrogen) atoms. The molecule has 3 atom stereocenters. The fourth-order valence-electron chi connectivity index (χ4n) is 3.40. The Labute approximate surface area is 147 Å². The zero-order chi connectivity index (χ0) is 18.4. The van der Waals surface area contributed by atoms with Crippen molar-refractivity contribution < 1.29 is 19.1 Å². The zero-order valence-corrected chi connectivity index (χ0v) is 15.3. The summed E-state index contributed by atoms with van der Waals surface area (Å²) in [6, 6.07) is 9.98. The van der Waals surface area contributed by atoms with E-state index in [0.717, 1.165) is 5.56 Å². The minimum Gasteiger partial charge on any atom is -0.417 e. The van der Waals surface area contributed by atoms with Crippen LogP contribution in [0.3, 0.4) is 0 Å². The monoisotopic (exact) mass is 344 g/mol. The van der Waals surface area contributed by atoms with Crippen molar-refractivity contribution in [1.29, 1.82) is 0 Å². The van der Waals surface area contributed by atoms with Crippen LogP contribution >= 0.6 is 0 Å². The molecule has 1 fully saturated rings. The van der Waals surface area contributed by atoms with E-state index in [1.165, 1.54) is 0 Å². The molecule has 0 radical (unpaired) electrons. The average Bonchev–Trinajstić information content (AvgIpc) is 3.11. The Morgan fingerprint density at radius 1 is 1.12 bits per heavy atom. The molecule has 1 N–H and O–H groups in total. The van der Waals surface area contributed by atoms with Crippen LogP contribution in [-0.2, 0) is 19.1 Å². The number of ether oxygens (including phenoxy) is 2. The number of carbonyl (C=O) groups is 2. The molecule has 0 saturated heterocycles. The molecular formula is C19H24N2O4. The molecular weight excluding hydrogens is 320 g/mol. The Hall–Kier alpha value is -2.34. The van der Waals surface area contributed by atoms with Crippen LogP contribution in [0.25, 0.3) is 0 Å². The summed E-state index contributed by atoms with van der Waals surface area (Å²) in [7, 11) is 3.40. The lowest BCUT2D eigenvalue weighted by Gasteiger charge is -2.25. The topological polar surface area (TPSA) is 67.9 Å². The van der Waals surface area contributed by atoms with Gasteiger partial charge in [0.1, 0.15) is 11.2 Å². The smallest absolute Gasteiger partial charge is 0.358 e. The molecule has 1 aromatic rings. The fourth-order valence-corrected chi connectivity index (χ4v) is 3.40. The van der Waals surface area contributed by atoms with Gasteiger partial charge < -0.3 is 14.4 Å². The van der Waals surface area contributed by atoms with Crippen molar-refractivity contribution >= 4 is 11.9 Å². The summed E-state index contributed by atoms with van der Waals surface area (Å²) in [5.74, 6) is -2.32. The Morgan fingerprint density at radius 3 is 2.32 bits per heavy atom. The first-order valence-corrected chi connectivity index (χ1v) is 8.37. The van der Waals surface area contributed by atoms with Gasteiger partial charge in [0.2, 0.25) is 0 Å². The van der Waals surface area contributed by atoms with Crippen LogP contribution < -0.4 is 5.32 Å². The number of carbonyl (C=O) groups excluding carboxylic acids is 2. The lowest BCUT2D eigenvalue weighted by Crippen LogP contribution is -2.43. The maximum atomic E-state index is 12.5. The summed E-state index contributed by atoms with van der Waals surface area (Å²) >= 11 is 0. The highest BCUT2D eigenvalue weighted by Gasteiger charge is 2.73. The van der Waals surface area contributed by atoms with E-state index in [4.69, 9.17) is 9.47 Å². The molecule has 1 aliphatic heterocycles. The molecule has 6 heteroatoms. The van der Waals surface area contributed by atoms with Crippen molar-refractivity contribution in [3.8, 4) is 0 Å². The van der Waals surface area contributed by atoms with Gasteiger partial charge in [-0.05, 0) is 26.3 Å². The van der Waals surface area contributed by atoms with Gasteiger partial charge in [0.25, 0.3) is 5.79 Å². The Kier molecular flexibility index (Phi) is 4.11. The zero-order valence-electron chi connectivity index (χ0n) is 15.3. The third kappa shape index (κ3) is 2.91. The molecule has 1 spiro atoms. The van der Waals surface area contributed by atoms with E-state index >= 15 is 0 Å². The molecule has 1 saturated carbocycles. The van der Waals surface area contributed by atoms with E-state index in [2.05, 4.69) is 5.32 Å². The first kappa shape index (κ1) is 17.5. The number of nitrogens with one attached hydrogen (secondary N) is 1. The van der Waals surface area contributed by atoms with Gasteiger partial charge in [-0.3, -0.25) is 5.32 Å². The van der Waals surface area contributed by atoms with Crippen molar-refractivity contribution in [2.45, 2.75) is 44.6 Å². The third-order valence-corrected chi connectivity index (χ3v) is 4.95. The van der Waals surface area contributed by atoms with Gasteiger partial charge in [0, 0.05) is 20.1 Å². The van der Waals surface area contributed by atoms with Gasteiger partial charge in [-0.15, -0.1) is 0 Å². The number of hydrogen-bond acceptors (Lipinski definition) is 6. The normalized spacial score (nSPS) is 29.8. The minimum atomic E-state index is -1.26. The van der Waals surface area contributed by atoms with E-state index in [1.807, 2.05) is 44.2 Å². The van der Waals surface area contributed by atoms with Crippen LogP contribution in [0.2, 0.25) is 0 Å². The van der Waals surface area contributed by atoms with Crippen LogP contribution in [0.5, 0.6) is 0 Å². The maximum absolute atomic E-state index is 12.5. The van der Waals surface area contributed by atoms with Crippen LogP contribution in [-0.4, -0.2) is 42.3 Å². The first-order chi connectivity index (χ1) is 11.7. The molecule has 1 aliphatic carbocycles. The summed E-state index contributed by atoms with van der Waals surface area (Å²) in [5, 5.41) is 3.45. The van der Waals surface area contributed by atoms with Crippen LogP contribution in [0.1, 0.15) is 38.8 Å². The van der Waals surface area contributed by atoms with Gasteiger partial charge in [-0.1, -0.05) is 30.3 Å². The summed E-state index contributed by atoms with van der Waals surface area (Å²) < 4.78 is 11.2. The maximum Gasteiger partial charge on any atom is 0.358 e. The first-order valence-electron chi connectivity index (χ1n) is 8.37. The summed E-state index contributed by atoms with van der Waals surface area (Å²) in [4.78, 5) is 26.5. The number of nitrogens with zero attached hydrogens (tertiary/aromatic N) is 1. The number of likely N-dealkylation sites (N-methyl/N-ethyl adjacent to an activating group) is 1. The van der Waals surface area contributed by atoms with Crippen molar-refractivity contribution in [3.05, 3.63) is 47.2 Å². The summed E-state index contributed by atoms with van der Waals surface area (Å²) in [5.41, 5.74) is 0.972. The molecule has 0 amide bonds. The summed E-state index contributed by atoms with van der Waals surface area (Å²) in [6.07, 6.45) is 0.419. The van der Waals surface area contributed by atoms with Crippen LogP contribution in [0.4, 0.5) is 0 Å². The van der Waals surface area contributed by atoms with E-state index in [-0.39, 0.29) is 17.3 Å². The molecule has 6 nitrogen and oxygen atoms in total. The quantitative estimate of drug-likeness (QED) is 0.844. The lowest BCUT2D eigenvalue weighted by molar-refractivity contribution is -0.194. The Morgan fingerprint density at radius 2 is 1.72 bits per heavy atom. The van der Waals surface area contributed by atoms with Gasteiger partial charge in [0.05, 0.1) is 12.0 Å². The van der Waals surface area contributed by atoms with Crippen molar-refractivity contribution in [3.63, 3.8) is 0 Å². The molecule has 1 heterocycles. The second kappa shape index (κ2) is 5.88. The number of rotatable bonds is 4. The van der Waals surface area contributed by atoms with Gasteiger partial charge in [-0.25, -0.2) is 9.59 Å². The highest BCUT2D eigenvalue weighted by atomic mass is 16.7. The third-order valence-electron chi connectivity index (χ3n) is 4.95. The SMILES string of the molecule is CC1=C(N(C)C)C(=O)OC2(CC2(C)NC(C)c2ccccc2)OC1=O. The number of hydrogen-bond donors (Lipinski definition) is 1. The van der Waals surface area contributed by atoms with Gasteiger partial charge >= 0.3 is 11.9 Å². The van der Waals surface area contributed by atoms with Gasteiger partial charge in [-0.2, -0.15) is 0 Å². The highest BCUT2D eigenvalue weighted by molar-refractivity contribution is 6.01.